The van der Waals surface area contributed by atoms with Gasteiger partial charge in [-0.15, -0.1) is 11.8 Å². The number of nitrogens with zero attached hydrogens (tertiary/aromatic N) is 1. The summed E-state index contributed by atoms with van der Waals surface area (Å²) in [6.45, 7) is 6.04. The van der Waals surface area contributed by atoms with Crippen LogP contribution in [0.3, 0.4) is 0 Å². The topological polar surface area (TPSA) is 40.5 Å². The largest absolute Gasteiger partial charge is 0.481 e. The number of rotatable bonds is 5. The molecule has 0 aromatic heterocycles. The molecule has 0 amide bonds. The van der Waals surface area contributed by atoms with E-state index in [4.69, 9.17) is 0 Å². The molecule has 20 heavy (non-hydrogen) atoms. The molecular formula is C16H23NO2S. The molecule has 1 aromatic rings. The van der Waals surface area contributed by atoms with Crippen molar-refractivity contribution in [3.05, 3.63) is 29.8 Å². The van der Waals surface area contributed by atoms with E-state index in [0.717, 1.165) is 31.7 Å². The summed E-state index contributed by atoms with van der Waals surface area (Å²) < 4.78 is 0. The van der Waals surface area contributed by atoms with Gasteiger partial charge in [0, 0.05) is 17.5 Å². The number of piperidine rings is 1. The lowest BCUT2D eigenvalue weighted by atomic mass is 9.90. The fourth-order valence-corrected chi connectivity index (χ4v) is 3.64. The van der Waals surface area contributed by atoms with Crippen LogP contribution in [0, 0.1) is 5.92 Å². The molecule has 0 saturated carbocycles. The Balaban J connectivity index is 2.05. The molecule has 1 aromatic carbocycles. The van der Waals surface area contributed by atoms with Crippen molar-refractivity contribution < 1.29 is 9.90 Å². The Morgan fingerprint density at radius 2 is 2.30 bits per heavy atom. The zero-order valence-electron chi connectivity index (χ0n) is 12.2. The van der Waals surface area contributed by atoms with Crippen molar-refractivity contribution in [3.63, 3.8) is 0 Å². The highest BCUT2D eigenvalue weighted by molar-refractivity contribution is 7.99. The molecule has 4 heteroatoms. The molecule has 2 atom stereocenters. The summed E-state index contributed by atoms with van der Waals surface area (Å²) in [6, 6.07) is 8.71. The first-order valence-corrected chi connectivity index (χ1v) is 8.29. The Labute approximate surface area is 125 Å². The van der Waals surface area contributed by atoms with E-state index in [1.165, 1.54) is 10.5 Å². The van der Waals surface area contributed by atoms with Crippen LogP contribution in [0.25, 0.3) is 0 Å². The molecule has 0 aliphatic carbocycles. The molecule has 1 aliphatic rings. The third kappa shape index (κ3) is 3.76. The van der Waals surface area contributed by atoms with Crippen molar-refractivity contribution in [3.8, 4) is 0 Å². The predicted octanol–water partition coefficient (Wildman–Crippen LogP) is 3.48. The number of thioether (sulfide) groups is 1. The van der Waals surface area contributed by atoms with Crippen molar-refractivity contribution in [2.75, 3.05) is 12.3 Å². The molecule has 1 heterocycles. The van der Waals surface area contributed by atoms with Gasteiger partial charge in [-0.2, -0.15) is 0 Å². The number of carbonyl (C=O) groups is 1. The van der Waals surface area contributed by atoms with Crippen molar-refractivity contribution in [1.82, 2.24) is 4.90 Å². The lowest BCUT2D eigenvalue weighted by Crippen LogP contribution is -2.45. The number of hydrogen-bond donors (Lipinski definition) is 1. The van der Waals surface area contributed by atoms with Gasteiger partial charge < -0.3 is 5.11 Å². The van der Waals surface area contributed by atoms with Crippen LogP contribution in [0.2, 0.25) is 0 Å². The van der Waals surface area contributed by atoms with Gasteiger partial charge in [-0.1, -0.05) is 19.1 Å². The van der Waals surface area contributed by atoms with Crippen LogP contribution < -0.4 is 0 Å². The zero-order valence-corrected chi connectivity index (χ0v) is 13.0. The van der Waals surface area contributed by atoms with Gasteiger partial charge in [0.1, 0.15) is 0 Å². The second kappa shape index (κ2) is 7.14. The summed E-state index contributed by atoms with van der Waals surface area (Å²) in [6.07, 6.45) is 1.78. The zero-order chi connectivity index (χ0) is 14.5. The summed E-state index contributed by atoms with van der Waals surface area (Å²) in [4.78, 5) is 14.9. The molecule has 2 rings (SSSR count). The Morgan fingerprint density at radius 3 is 3.00 bits per heavy atom. The first kappa shape index (κ1) is 15.4. The fourth-order valence-electron chi connectivity index (χ4n) is 2.90. The normalized spacial score (nSPS) is 23.7. The van der Waals surface area contributed by atoms with E-state index in [2.05, 4.69) is 36.1 Å². The summed E-state index contributed by atoms with van der Waals surface area (Å²) >= 11 is 1.85. The standard InChI is InChI=1S/C16H23NO2S/c1-3-20-14-7-4-6-13(10-14)11-17-9-5-8-15(12(17)2)16(18)19/h4,6-7,10,12,15H,3,5,8-9,11H2,1-2H3,(H,18,19)/t12-,15-/m0/s1. The maximum absolute atomic E-state index is 11.3. The summed E-state index contributed by atoms with van der Waals surface area (Å²) in [5.41, 5.74) is 1.28. The lowest BCUT2D eigenvalue weighted by Gasteiger charge is -2.37. The Bertz CT molecular complexity index is 464. The second-order valence-electron chi connectivity index (χ2n) is 5.38. The van der Waals surface area contributed by atoms with Gasteiger partial charge in [0.2, 0.25) is 0 Å². The minimum absolute atomic E-state index is 0.115. The first-order valence-electron chi connectivity index (χ1n) is 7.30. The minimum Gasteiger partial charge on any atom is -0.481 e. The van der Waals surface area contributed by atoms with Gasteiger partial charge in [-0.3, -0.25) is 9.69 Å². The van der Waals surface area contributed by atoms with Crippen LogP contribution >= 0.6 is 11.8 Å². The van der Waals surface area contributed by atoms with E-state index in [1.807, 2.05) is 18.7 Å². The monoisotopic (exact) mass is 293 g/mol. The third-order valence-electron chi connectivity index (χ3n) is 4.03. The molecule has 110 valence electrons. The van der Waals surface area contributed by atoms with Crippen molar-refractivity contribution in [2.45, 2.75) is 44.2 Å². The van der Waals surface area contributed by atoms with Crippen molar-refractivity contribution in [2.24, 2.45) is 5.92 Å². The minimum atomic E-state index is -0.655. The quantitative estimate of drug-likeness (QED) is 0.844. The van der Waals surface area contributed by atoms with Gasteiger partial charge in [0.15, 0.2) is 0 Å². The average molecular weight is 293 g/mol. The molecular weight excluding hydrogens is 270 g/mol. The summed E-state index contributed by atoms with van der Waals surface area (Å²) in [5, 5.41) is 9.28. The molecule has 1 fully saturated rings. The number of aliphatic carboxylic acids is 1. The molecule has 1 aliphatic heterocycles. The average Bonchev–Trinajstić information content (AvgIpc) is 2.42. The molecule has 0 bridgehead atoms. The highest BCUT2D eigenvalue weighted by Crippen LogP contribution is 2.26. The second-order valence-corrected chi connectivity index (χ2v) is 6.72. The van der Waals surface area contributed by atoms with Crippen LogP contribution in [0.4, 0.5) is 0 Å². The van der Waals surface area contributed by atoms with Gasteiger partial charge in [0.05, 0.1) is 5.92 Å². The van der Waals surface area contributed by atoms with E-state index in [-0.39, 0.29) is 12.0 Å². The Hall–Kier alpha value is -1.00. The van der Waals surface area contributed by atoms with Crippen molar-refractivity contribution >= 4 is 17.7 Å². The van der Waals surface area contributed by atoms with Crippen molar-refractivity contribution in [1.29, 1.82) is 0 Å². The number of hydrogen-bond acceptors (Lipinski definition) is 3. The Kier molecular flexibility index (Phi) is 5.49. The molecule has 0 radical (unpaired) electrons. The summed E-state index contributed by atoms with van der Waals surface area (Å²) in [7, 11) is 0. The number of benzene rings is 1. The summed E-state index contributed by atoms with van der Waals surface area (Å²) in [5.74, 6) is 0.194. The predicted molar refractivity (Wildman–Crippen MR) is 83.1 cm³/mol. The van der Waals surface area contributed by atoms with Crippen LogP contribution in [-0.2, 0) is 11.3 Å². The lowest BCUT2D eigenvalue weighted by molar-refractivity contribution is -0.145. The van der Waals surface area contributed by atoms with Crippen LogP contribution in [-0.4, -0.2) is 34.3 Å². The van der Waals surface area contributed by atoms with E-state index in [0.29, 0.717) is 0 Å². The third-order valence-corrected chi connectivity index (χ3v) is 4.91. The SMILES string of the molecule is CCSc1cccc(CN2CCC[C@H](C(=O)O)[C@@H]2C)c1. The van der Waals surface area contributed by atoms with E-state index in [1.54, 1.807) is 0 Å². The number of carboxylic acid groups (broad SMARTS) is 1. The van der Waals surface area contributed by atoms with Crippen LogP contribution in [0.1, 0.15) is 32.3 Å². The van der Waals surface area contributed by atoms with E-state index in [9.17, 15) is 9.90 Å². The Morgan fingerprint density at radius 1 is 1.50 bits per heavy atom. The molecule has 0 spiro atoms. The van der Waals surface area contributed by atoms with Gasteiger partial charge >= 0.3 is 5.97 Å². The molecule has 1 saturated heterocycles. The smallest absolute Gasteiger partial charge is 0.308 e. The van der Waals surface area contributed by atoms with Gasteiger partial charge in [0.25, 0.3) is 0 Å². The van der Waals surface area contributed by atoms with Gasteiger partial charge in [-0.25, -0.2) is 0 Å². The van der Waals surface area contributed by atoms with Gasteiger partial charge in [-0.05, 0) is 49.8 Å². The van der Waals surface area contributed by atoms with Crippen LogP contribution in [0.15, 0.2) is 29.2 Å². The highest BCUT2D eigenvalue weighted by atomic mass is 32.2. The molecule has 1 N–H and O–H groups in total. The first-order chi connectivity index (χ1) is 9.61. The maximum atomic E-state index is 11.3. The fraction of sp³-hybridized carbons (Fsp3) is 0.562. The molecule has 0 unspecified atom stereocenters. The molecule has 3 nitrogen and oxygen atoms in total. The maximum Gasteiger partial charge on any atom is 0.308 e. The number of carboxylic acids is 1. The van der Waals surface area contributed by atoms with E-state index < -0.39 is 5.97 Å². The highest BCUT2D eigenvalue weighted by Gasteiger charge is 2.32. The van der Waals surface area contributed by atoms with E-state index >= 15 is 0 Å². The van der Waals surface area contributed by atoms with Crippen LogP contribution in [0.5, 0.6) is 0 Å². The number of likely N-dealkylation sites (tertiary alicyclic amines) is 1.